The van der Waals surface area contributed by atoms with E-state index in [9.17, 15) is 8.78 Å². The largest absolute Gasteiger partial charge is 0.272 e. The van der Waals surface area contributed by atoms with Gasteiger partial charge in [0.05, 0.1) is 23.0 Å². The van der Waals surface area contributed by atoms with Gasteiger partial charge in [-0.25, -0.2) is 13.8 Å². The van der Waals surface area contributed by atoms with Gasteiger partial charge in [-0.05, 0) is 19.9 Å². The second-order valence-electron chi connectivity index (χ2n) is 4.70. The van der Waals surface area contributed by atoms with Crippen LogP contribution in [0.5, 0.6) is 0 Å². The van der Waals surface area contributed by atoms with Crippen molar-refractivity contribution in [3.05, 3.63) is 29.2 Å². The van der Waals surface area contributed by atoms with E-state index >= 15 is 0 Å². The van der Waals surface area contributed by atoms with Gasteiger partial charge in [0.15, 0.2) is 5.65 Å². The molecule has 7 heteroatoms. The number of aromatic amines is 1. The summed E-state index contributed by atoms with van der Waals surface area (Å²) >= 11 is 0. The monoisotopic (exact) mass is 277 g/mol. The van der Waals surface area contributed by atoms with E-state index in [4.69, 9.17) is 0 Å². The molecular weight excluding hydrogens is 264 g/mol. The summed E-state index contributed by atoms with van der Waals surface area (Å²) in [6, 6.07) is 1.42. The topological polar surface area (TPSA) is 59.4 Å². The lowest BCUT2D eigenvalue weighted by molar-refractivity contribution is 0.153. The van der Waals surface area contributed by atoms with E-state index in [1.165, 1.54) is 6.07 Å². The van der Waals surface area contributed by atoms with Crippen molar-refractivity contribution in [1.82, 2.24) is 25.0 Å². The van der Waals surface area contributed by atoms with E-state index in [-0.39, 0.29) is 5.56 Å². The minimum absolute atomic E-state index is 0.0560. The van der Waals surface area contributed by atoms with Crippen LogP contribution < -0.4 is 0 Å². The Labute approximate surface area is 113 Å². The van der Waals surface area contributed by atoms with Crippen molar-refractivity contribution in [1.29, 1.82) is 0 Å². The van der Waals surface area contributed by atoms with Crippen molar-refractivity contribution in [2.24, 2.45) is 7.05 Å². The molecule has 20 heavy (non-hydrogen) atoms. The first kappa shape index (κ1) is 12.7. The van der Waals surface area contributed by atoms with Gasteiger partial charge in [-0.15, -0.1) is 0 Å². The summed E-state index contributed by atoms with van der Waals surface area (Å²) in [6.45, 7) is 3.55. The molecule has 0 saturated carbocycles. The van der Waals surface area contributed by atoms with Crippen molar-refractivity contribution in [3.63, 3.8) is 0 Å². The molecule has 0 aliphatic heterocycles. The molecule has 0 aliphatic rings. The number of fused-ring (bicyclic) bond motifs is 1. The first-order valence-corrected chi connectivity index (χ1v) is 6.11. The number of pyridine rings is 1. The highest BCUT2D eigenvalue weighted by atomic mass is 19.3. The minimum Gasteiger partial charge on any atom is -0.272 e. The molecule has 3 rings (SSSR count). The summed E-state index contributed by atoms with van der Waals surface area (Å²) in [5.74, 6) is 0. The van der Waals surface area contributed by atoms with Crippen LogP contribution in [-0.4, -0.2) is 25.0 Å². The molecule has 0 unspecified atom stereocenters. The van der Waals surface area contributed by atoms with Crippen LogP contribution in [0.15, 0.2) is 12.3 Å². The van der Waals surface area contributed by atoms with E-state index in [1.807, 2.05) is 6.92 Å². The number of hydrogen-bond donors (Lipinski definition) is 1. The number of nitrogens with zero attached hydrogens (tertiary/aromatic N) is 4. The van der Waals surface area contributed by atoms with Crippen LogP contribution in [0.2, 0.25) is 0 Å². The molecule has 3 aromatic heterocycles. The van der Waals surface area contributed by atoms with Crippen LogP contribution in [0.3, 0.4) is 0 Å². The van der Waals surface area contributed by atoms with Crippen molar-refractivity contribution in [3.8, 4) is 11.3 Å². The van der Waals surface area contributed by atoms with Crippen molar-refractivity contribution in [2.75, 3.05) is 0 Å². The number of nitrogens with one attached hydrogen (secondary N) is 1. The highest BCUT2D eigenvalue weighted by Crippen LogP contribution is 2.32. The summed E-state index contributed by atoms with van der Waals surface area (Å²) < 4.78 is 28.2. The van der Waals surface area contributed by atoms with Crippen molar-refractivity contribution in [2.45, 2.75) is 20.3 Å². The Bertz CT molecular complexity index is 788. The fourth-order valence-corrected chi connectivity index (χ4v) is 2.28. The quantitative estimate of drug-likeness (QED) is 0.783. The van der Waals surface area contributed by atoms with E-state index in [0.29, 0.717) is 22.4 Å². The van der Waals surface area contributed by atoms with Gasteiger partial charge in [-0.2, -0.15) is 10.2 Å². The van der Waals surface area contributed by atoms with Crippen LogP contribution in [-0.2, 0) is 7.05 Å². The Hall–Kier alpha value is -2.31. The van der Waals surface area contributed by atoms with Gasteiger partial charge in [0.25, 0.3) is 6.43 Å². The standard InChI is InChI=1S/C13H13F2N5/c1-6-11-8(12(14)15)4-10(17-13(11)19-18-6)9-5-16-20(3)7(9)2/h4-5,12H,1-3H3,(H,17,18,19). The molecule has 3 heterocycles. The summed E-state index contributed by atoms with van der Waals surface area (Å²) in [5.41, 5.74) is 2.93. The predicted molar refractivity (Wildman–Crippen MR) is 70.5 cm³/mol. The lowest BCUT2D eigenvalue weighted by Crippen LogP contribution is -1.95. The van der Waals surface area contributed by atoms with Crippen molar-refractivity contribution >= 4 is 11.0 Å². The molecule has 0 aliphatic carbocycles. The lowest BCUT2D eigenvalue weighted by atomic mass is 10.1. The highest BCUT2D eigenvalue weighted by Gasteiger charge is 2.19. The number of rotatable bonds is 2. The third-order valence-electron chi connectivity index (χ3n) is 3.49. The molecular formula is C13H13F2N5. The first-order valence-electron chi connectivity index (χ1n) is 6.11. The van der Waals surface area contributed by atoms with E-state index in [0.717, 1.165) is 11.3 Å². The van der Waals surface area contributed by atoms with Gasteiger partial charge in [-0.1, -0.05) is 0 Å². The van der Waals surface area contributed by atoms with Crippen LogP contribution in [0, 0.1) is 13.8 Å². The zero-order valence-corrected chi connectivity index (χ0v) is 11.3. The molecule has 0 saturated heterocycles. The molecule has 5 nitrogen and oxygen atoms in total. The lowest BCUT2D eigenvalue weighted by Gasteiger charge is -2.06. The first-order chi connectivity index (χ1) is 9.49. The molecule has 1 N–H and O–H groups in total. The number of alkyl halides is 2. The molecule has 0 radical (unpaired) electrons. The minimum atomic E-state index is -2.58. The molecule has 0 atom stereocenters. The van der Waals surface area contributed by atoms with Gasteiger partial charge < -0.3 is 0 Å². The average Bonchev–Trinajstić information content (AvgIpc) is 2.94. The maximum atomic E-state index is 13.3. The average molecular weight is 277 g/mol. The van der Waals surface area contributed by atoms with E-state index < -0.39 is 6.43 Å². The van der Waals surface area contributed by atoms with Gasteiger partial charge >= 0.3 is 0 Å². The van der Waals surface area contributed by atoms with Gasteiger partial charge in [0.2, 0.25) is 0 Å². The Kier molecular flexibility index (Phi) is 2.77. The molecule has 0 bridgehead atoms. The summed E-state index contributed by atoms with van der Waals surface area (Å²) in [4.78, 5) is 4.38. The van der Waals surface area contributed by atoms with Crippen LogP contribution in [0.25, 0.3) is 22.3 Å². The Balaban J connectivity index is 2.30. The molecule has 0 amide bonds. The number of H-pyrrole nitrogens is 1. The molecule has 0 spiro atoms. The zero-order valence-electron chi connectivity index (χ0n) is 11.3. The Morgan fingerprint density at radius 3 is 2.65 bits per heavy atom. The number of hydrogen-bond acceptors (Lipinski definition) is 3. The van der Waals surface area contributed by atoms with Crippen molar-refractivity contribution < 1.29 is 8.78 Å². The fraction of sp³-hybridized carbons (Fsp3) is 0.308. The zero-order chi connectivity index (χ0) is 14.4. The second-order valence-corrected chi connectivity index (χ2v) is 4.70. The smallest absolute Gasteiger partial charge is 0.264 e. The Morgan fingerprint density at radius 2 is 2.05 bits per heavy atom. The van der Waals surface area contributed by atoms with Crippen LogP contribution in [0.1, 0.15) is 23.4 Å². The second kappa shape index (κ2) is 4.36. The summed E-state index contributed by atoms with van der Waals surface area (Å²) in [5, 5.41) is 11.2. The number of aromatic nitrogens is 5. The maximum Gasteiger partial charge on any atom is 0.264 e. The maximum absolute atomic E-state index is 13.3. The highest BCUT2D eigenvalue weighted by molar-refractivity contribution is 5.85. The predicted octanol–water partition coefficient (Wildman–Crippen LogP) is 2.91. The van der Waals surface area contributed by atoms with Gasteiger partial charge in [0, 0.05) is 23.9 Å². The molecule has 0 aromatic carbocycles. The normalized spacial score (nSPS) is 11.7. The van der Waals surface area contributed by atoms with Gasteiger partial charge in [-0.3, -0.25) is 9.78 Å². The van der Waals surface area contributed by atoms with Crippen LogP contribution in [0.4, 0.5) is 8.78 Å². The van der Waals surface area contributed by atoms with E-state index in [1.54, 1.807) is 24.9 Å². The fourth-order valence-electron chi connectivity index (χ4n) is 2.28. The summed E-state index contributed by atoms with van der Waals surface area (Å²) in [7, 11) is 1.80. The number of halogens is 2. The molecule has 3 aromatic rings. The van der Waals surface area contributed by atoms with Crippen LogP contribution >= 0.6 is 0 Å². The number of aryl methyl sites for hydroxylation is 2. The Morgan fingerprint density at radius 1 is 1.30 bits per heavy atom. The van der Waals surface area contributed by atoms with Gasteiger partial charge in [0.1, 0.15) is 0 Å². The third kappa shape index (κ3) is 1.77. The third-order valence-corrected chi connectivity index (χ3v) is 3.49. The van der Waals surface area contributed by atoms with E-state index in [2.05, 4.69) is 20.3 Å². The molecule has 0 fully saturated rings. The SMILES string of the molecule is Cc1n[nH]c2nc(-c3cnn(C)c3C)cc(C(F)F)c12. The summed E-state index contributed by atoms with van der Waals surface area (Å²) in [6.07, 6.45) is -0.949. The molecule has 104 valence electrons.